The van der Waals surface area contributed by atoms with Crippen LogP contribution >= 0.6 is 12.6 Å². The van der Waals surface area contributed by atoms with Gasteiger partial charge < -0.3 is 10.4 Å². The first-order valence-electron chi connectivity index (χ1n) is 8.01. The van der Waals surface area contributed by atoms with Gasteiger partial charge in [0.25, 0.3) is 0 Å². The molecule has 2 N–H and O–H groups in total. The topological polar surface area (TPSA) is 49.3 Å². The van der Waals surface area contributed by atoms with E-state index in [0.29, 0.717) is 12.8 Å². The minimum atomic E-state index is -0.686. The number of carboxylic acids is 1. The molecular weight excluding hydrogens is 294 g/mol. The predicted octanol–water partition coefficient (Wildman–Crippen LogP) is 3.78. The predicted molar refractivity (Wildman–Crippen MR) is 99.3 cm³/mol. The van der Waals surface area contributed by atoms with Gasteiger partial charge in [0, 0.05) is 18.9 Å². The first-order chi connectivity index (χ1) is 10.8. The molecule has 0 saturated carbocycles. The van der Waals surface area contributed by atoms with Crippen molar-refractivity contribution in [2.45, 2.75) is 40.5 Å². The van der Waals surface area contributed by atoms with Crippen LogP contribution in [0.25, 0.3) is 0 Å². The van der Waals surface area contributed by atoms with Crippen molar-refractivity contribution in [3.05, 3.63) is 23.8 Å². The van der Waals surface area contributed by atoms with E-state index < -0.39 is 5.97 Å². The Balaban J connectivity index is 0. The third-order valence-corrected chi connectivity index (χ3v) is 3.16. The number of carbonyl (C=O) groups is 1. The second kappa shape index (κ2) is 16.2. The average molecular weight is 326 g/mol. The molecule has 3 nitrogen and oxygen atoms in total. The van der Waals surface area contributed by atoms with Crippen LogP contribution in [0, 0.1) is 23.7 Å². The number of thiol groups is 1. The van der Waals surface area contributed by atoms with Crippen molar-refractivity contribution in [2.24, 2.45) is 11.8 Å². The van der Waals surface area contributed by atoms with Crippen molar-refractivity contribution in [1.82, 2.24) is 5.32 Å². The summed E-state index contributed by atoms with van der Waals surface area (Å²) in [5.41, 5.74) is 1.14. The largest absolute Gasteiger partial charge is 0.481 e. The second-order valence-corrected chi connectivity index (χ2v) is 4.14. The van der Waals surface area contributed by atoms with Crippen LogP contribution in [0.1, 0.15) is 40.5 Å². The maximum Gasteiger partial charge on any atom is 0.307 e. The molecule has 1 heterocycles. The summed E-state index contributed by atoms with van der Waals surface area (Å²) < 4.78 is 0. The molecule has 0 bridgehead atoms. The summed E-state index contributed by atoms with van der Waals surface area (Å²) in [7, 11) is 0. The average Bonchev–Trinajstić information content (AvgIpc) is 2.89. The van der Waals surface area contributed by atoms with Gasteiger partial charge in [0.1, 0.15) is 0 Å². The highest BCUT2D eigenvalue weighted by Gasteiger charge is 2.32. The molecule has 0 aromatic heterocycles. The van der Waals surface area contributed by atoms with Crippen molar-refractivity contribution in [2.75, 3.05) is 19.3 Å². The number of piperidine rings is 1. The van der Waals surface area contributed by atoms with Crippen molar-refractivity contribution in [3.8, 4) is 11.8 Å². The summed E-state index contributed by atoms with van der Waals surface area (Å²) in [5, 5.41) is 12.5. The first-order valence-corrected chi connectivity index (χ1v) is 8.90. The van der Waals surface area contributed by atoms with Gasteiger partial charge in [-0.05, 0) is 25.3 Å². The van der Waals surface area contributed by atoms with Crippen LogP contribution in [-0.2, 0) is 4.79 Å². The van der Waals surface area contributed by atoms with E-state index in [2.05, 4.69) is 29.8 Å². The Hall–Kier alpha value is -1.18. The molecule has 1 aliphatic heterocycles. The highest BCUT2D eigenvalue weighted by atomic mass is 32.1. The lowest BCUT2D eigenvalue weighted by Gasteiger charge is -2.30. The van der Waals surface area contributed by atoms with E-state index in [9.17, 15) is 9.90 Å². The molecule has 2 rings (SSSR count). The zero-order valence-electron chi connectivity index (χ0n) is 14.5. The zero-order valence-corrected chi connectivity index (χ0v) is 15.4. The van der Waals surface area contributed by atoms with Gasteiger partial charge in [-0.1, -0.05) is 57.3 Å². The minimum Gasteiger partial charge on any atom is -0.481 e. The van der Waals surface area contributed by atoms with Crippen LogP contribution in [0.4, 0.5) is 0 Å². The van der Waals surface area contributed by atoms with E-state index in [1.54, 1.807) is 12.3 Å². The number of hydrogen-bond acceptors (Lipinski definition) is 3. The summed E-state index contributed by atoms with van der Waals surface area (Å²) in [6.45, 7) is 9.54. The minimum absolute atomic E-state index is 0.0864. The Morgan fingerprint density at radius 3 is 2.55 bits per heavy atom. The number of carboxylic acid groups (broad SMARTS) is 1. The van der Waals surface area contributed by atoms with Crippen molar-refractivity contribution >= 4 is 18.6 Å². The Morgan fingerprint density at radius 1 is 1.32 bits per heavy atom. The number of nitrogens with one attached hydrogen (secondary N) is 1. The fraction of sp³-hybridized carbons (Fsp3) is 0.611. The fourth-order valence-electron chi connectivity index (χ4n) is 2.29. The zero-order chi connectivity index (χ0) is 17.4. The van der Waals surface area contributed by atoms with Crippen LogP contribution in [-0.4, -0.2) is 30.4 Å². The molecule has 1 fully saturated rings. The standard InChI is InChI=1S/C13H15NO2.2C2H6.CH4S/c15-13(16)11-7-8-14-9-12(11)10-5-3-1-2-4-6-10;3*1-2/h1,3,5,11-12,14H,6-9H2,(H,15,16);2*1-2H3;2H,1H3/t11-,12+;;;/m1.../s1. The summed E-state index contributed by atoms with van der Waals surface area (Å²) in [4.78, 5) is 11.2. The first kappa shape index (κ1) is 23.1. The van der Waals surface area contributed by atoms with E-state index >= 15 is 0 Å². The van der Waals surface area contributed by atoms with E-state index in [-0.39, 0.29) is 11.8 Å². The normalized spacial score (nSPS) is 21.6. The molecule has 4 heteroatoms. The van der Waals surface area contributed by atoms with Gasteiger partial charge in [-0.3, -0.25) is 4.79 Å². The van der Waals surface area contributed by atoms with Gasteiger partial charge >= 0.3 is 5.97 Å². The molecule has 0 unspecified atom stereocenters. The molecule has 1 saturated heterocycles. The smallest absolute Gasteiger partial charge is 0.307 e. The Bertz CT molecular complexity index is 405. The fourth-order valence-corrected chi connectivity index (χ4v) is 2.29. The second-order valence-electron chi connectivity index (χ2n) is 4.14. The van der Waals surface area contributed by atoms with E-state index in [1.165, 1.54) is 0 Å². The van der Waals surface area contributed by atoms with Gasteiger partial charge in [0.05, 0.1) is 5.92 Å². The van der Waals surface area contributed by atoms with Crippen LogP contribution < -0.4 is 5.32 Å². The summed E-state index contributed by atoms with van der Waals surface area (Å²) in [6.07, 6.45) is 8.79. The highest BCUT2D eigenvalue weighted by molar-refractivity contribution is 7.79. The lowest BCUT2D eigenvalue weighted by molar-refractivity contribution is -0.144. The van der Waals surface area contributed by atoms with E-state index in [1.807, 2.05) is 39.8 Å². The monoisotopic (exact) mass is 325 g/mol. The van der Waals surface area contributed by atoms with E-state index in [0.717, 1.165) is 18.7 Å². The molecule has 1 aliphatic carbocycles. The molecular formula is C18H31NO2S. The molecule has 0 aromatic rings. The molecule has 0 aromatic carbocycles. The molecule has 126 valence electrons. The lowest BCUT2D eigenvalue weighted by Crippen LogP contribution is -2.41. The molecule has 2 aliphatic rings. The molecule has 22 heavy (non-hydrogen) atoms. The van der Waals surface area contributed by atoms with Crippen LogP contribution in [0.15, 0.2) is 23.8 Å². The molecule has 0 amide bonds. The maximum atomic E-state index is 11.2. The number of hydrogen-bond donors (Lipinski definition) is 3. The van der Waals surface area contributed by atoms with Crippen molar-refractivity contribution < 1.29 is 9.90 Å². The molecule has 2 atom stereocenters. The Kier molecular flexibility index (Phi) is 17.0. The van der Waals surface area contributed by atoms with Gasteiger partial charge in [-0.15, -0.1) is 0 Å². The van der Waals surface area contributed by atoms with Crippen LogP contribution in [0.2, 0.25) is 0 Å². The number of rotatable bonds is 2. The van der Waals surface area contributed by atoms with Gasteiger partial charge in [0.15, 0.2) is 0 Å². The van der Waals surface area contributed by atoms with Crippen LogP contribution in [0.3, 0.4) is 0 Å². The van der Waals surface area contributed by atoms with Crippen LogP contribution in [0.5, 0.6) is 0 Å². The SMILES string of the molecule is CC.CC.CS.O=C(O)[C@@H]1CCNC[C@H]1C1=CC=CC#CC1. The van der Waals surface area contributed by atoms with Crippen molar-refractivity contribution in [1.29, 1.82) is 0 Å². The summed E-state index contributed by atoms with van der Waals surface area (Å²) in [6, 6.07) is 0. The van der Waals surface area contributed by atoms with Gasteiger partial charge in [0.2, 0.25) is 0 Å². The van der Waals surface area contributed by atoms with Gasteiger partial charge in [-0.25, -0.2) is 0 Å². The third kappa shape index (κ3) is 8.31. The Morgan fingerprint density at radius 2 is 1.95 bits per heavy atom. The van der Waals surface area contributed by atoms with E-state index in [4.69, 9.17) is 0 Å². The lowest BCUT2D eigenvalue weighted by atomic mass is 9.80. The third-order valence-electron chi connectivity index (χ3n) is 3.16. The number of allylic oxidation sites excluding steroid dienone is 3. The summed E-state index contributed by atoms with van der Waals surface area (Å²) in [5.74, 6) is 5.07. The molecule has 0 spiro atoms. The maximum absolute atomic E-state index is 11.2. The Labute approximate surface area is 141 Å². The quantitative estimate of drug-likeness (QED) is 0.535. The van der Waals surface area contributed by atoms with Crippen molar-refractivity contribution in [3.63, 3.8) is 0 Å². The molecule has 0 radical (unpaired) electrons. The number of aliphatic carboxylic acids is 1. The van der Waals surface area contributed by atoms with Gasteiger partial charge in [-0.2, -0.15) is 12.6 Å². The summed E-state index contributed by atoms with van der Waals surface area (Å²) >= 11 is 3.53. The highest BCUT2D eigenvalue weighted by Crippen LogP contribution is 2.28.